The van der Waals surface area contributed by atoms with Crippen molar-refractivity contribution in [3.8, 4) is 11.5 Å². The van der Waals surface area contributed by atoms with Crippen LogP contribution in [0.1, 0.15) is 22.1 Å². The first-order valence-corrected chi connectivity index (χ1v) is 12.9. The summed E-state index contributed by atoms with van der Waals surface area (Å²) in [5.41, 5.74) is 3.17. The number of carbonyl (C=O) groups excluding carboxylic acids is 1. The molecule has 0 saturated carbocycles. The molecule has 1 aliphatic heterocycles. The predicted octanol–water partition coefficient (Wildman–Crippen LogP) is 6.19. The van der Waals surface area contributed by atoms with E-state index in [1.807, 2.05) is 78.1 Å². The number of thioether (sulfide) groups is 2. The predicted molar refractivity (Wildman–Crippen MR) is 135 cm³/mol. The van der Waals surface area contributed by atoms with Crippen LogP contribution in [0.3, 0.4) is 0 Å². The topological polar surface area (TPSA) is 47.6 Å². The van der Waals surface area contributed by atoms with Gasteiger partial charge in [0.1, 0.15) is 11.5 Å². The first-order valence-electron chi connectivity index (χ1n) is 10.8. The number of benzene rings is 3. The normalized spacial score (nSPS) is 14.0. The summed E-state index contributed by atoms with van der Waals surface area (Å²) in [7, 11) is 0. The smallest absolute Gasteiger partial charge is 0.262 e. The molecule has 0 unspecified atom stereocenters. The van der Waals surface area contributed by atoms with Crippen LogP contribution in [-0.4, -0.2) is 30.6 Å². The van der Waals surface area contributed by atoms with Gasteiger partial charge in [-0.05, 0) is 53.3 Å². The number of amides is 1. The number of anilines is 1. The maximum absolute atomic E-state index is 12.4. The van der Waals surface area contributed by atoms with Gasteiger partial charge in [0, 0.05) is 6.42 Å². The van der Waals surface area contributed by atoms with Gasteiger partial charge in [-0.2, -0.15) is 0 Å². The van der Waals surface area contributed by atoms with Crippen molar-refractivity contribution < 1.29 is 14.3 Å². The SMILES string of the molecule is O=C(COc1ccc(C2SCCCS2)cc1)Nc1ccccc1OCCc1ccccc1. The molecule has 3 aromatic carbocycles. The van der Waals surface area contributed by atoms with Crippen LogP contribution in [0.25, 0.3) is 0 Å². The van der Waals surface area contributed by atoms with Crippen molar-refractivity contribution in [2.75, 3.05) is 30.0 Å². The summed E-state index contributed by atoms with van der Waals surface area (Å²) < 4.78 is 12.1. The third-order valence-corrected chi connectivity index (χ3v) is 8.02. The Bertz CT molecular complexity index is 989. The Morgan fingerprint density at radius 1 is 0.875 bits per heavy atom. The molecule has 6 heteroatoms. The molecule has 1 N–H and O–H groups in total. The zero-order valence-electron chi connectivity index (χ0n) is 17.9. The van der Waals surface area contributed by atoms with Gasteiger partial charge in [0.15, 0.2) is 6.61 Å². The van der Waals surface area contributed by atoms with Gasteiger partial charge < -0.3 is 14.8 Å². The number of nitrogens with one attached hydrogen (secondary N) is 1. The van der Waals surface area contributed by atoms with Crippen LogP contribution < -0.4 is 14.8 Å². The average Bonchev–Trinajstić information content (AvgIpc) is 2.85. The molecule has 1 amide bonds. The lowest BCUT2D eigenvalue weighted by Gasteiger charge is -2.21. The molecule has 4 nitrogen and oxygen atoms in total. The number of ether oxygens (including phenoxy) is 2. The highest BCUT2D eigenvalue weighted by Gasteiger charge is 2.16. The Morgan fingerprint density at radius 3 is 2.38 bits per heavy atom. The van der Waals surface area contributed by atoms with Crippen LogP contribution in [0.15, 0.2) is 78.9 Å². The van der Waals surface area contributed by atoms with Crippen LogP contribution in [0, 0.1) is 0 Å². The standard InChI is InChI=1S/C26H27NO3S2/c28-25(19-30-22-13-11-21(12-14-22)26-31-17-6-18-32-26)27-23-9-4-5-10-24(23)29-16-15-20-7-2-1-3-8-20/h1-5,7-14,26H,6,15-19H2,(H,27,28). The van der Waals surface area contributed by atoms with Gasteiger partial charge in [0.05, 0.1) is 16.9 Å². The molecule has 1 aliphatic rings. The molecule has 1 heterocycles. The molecule has 0 aromatic heterocycles. The highest BCUT2D eigenvalue weighted by molar-refractivity contribution is 8.16. The van der Waals surface area contributed by atoms with E-state index in [1.165, 1.54) is 29.1 Å². The average molecular weight is 466 g/mol. The summed E-state index contributed by atoms with van der Waals surface area (Å²) in [6.45, 7) is 0.488. The maximum atomic E-state index is 12.4. The van der Waals surface area contributed by atoms with Crippen molar-refractivity contribution in [1.82, 2.24) is 0 Å². The second kappa shape index (κ2) is 11.9. The minimum absolute atomic E-state index is 0.0510. The zero-order chi connectivity index (χ0) is 22.0. The number of hydrogen-bond donors (Lipinski definition) is 1. The summed E-state index contributed by atoms with van der Waals surface area (Å²) in [6, 6.07) is 25.7. The highest BCUT2D eigenvalue weighted by atomic mass is 32.2. The first kappa shape index (κ1) is 22.6. The van der Waals surface area contributed by atoms with E-state index >= 15 is 0 Å². The van der Waals surface area contributed by atoms with Crippen molar-refractivity contribution >= 4 is 35.1 Å². The van der Waals surface area contributed by atoms with Gasteiger partial charge in [0.2, 0.25) is 0 Å². The van der Waals surface area contributed by atoms with Crippen LogP contribution >= 0.6 is 23.5 Å². The van der Waals surface area contributed by atoms with Crippen LogP contribution in [0.4, 0.5) is 5.69 Å². The van der Waals surface area contributed by atoms with E-state index in [4.69, 9.17) is 9.47 Å². The zero-order valence-corrected chi connectivity index (χ0v) is 19.5. The van der Waals surface area contributed by atoms with Gasteiger partial charge in [-0.25, -0.2) is 0 Å². The first-order chi connectivity index (χ1) is 15.8. The van der Waals surface area contributed by atoms with E-state index in [-0.39, 0.29) is 12.5 Å². The number of carbonyl (C=O) groups is 1. The number of rotatable bonds is 9. The van der Waals surface area contributed by atoms with Crippen LogP contribution in [0.5, 0.6) is 11.5 Å². The minimum atomic E-state index is -0.216. The molecule has 0 atom stereocenters. The van der Waals surface area contributed by atoms with Gasteiger partial charge in [-0.1, -0.05) is 54.6 Å². The molecule has 0 spiro atoms. The van der Waals surface area contributed by atoms with Crippen molar-refractivity contribution in [2.45, 2.75) is 17.4 Å². The molecular weight excluding hydrogens is 438 g/mol. The Labute approximate surface area is 198 Å². The second-order valence-electron chi connectivity index (χ2n) is 7.41. The van der Waals surface area contributed by atoms with Crippen LogP contribution in [-0.2, 0) is 11.2 Å². The Kier molecular flexibility index (Phi) is 8.40. The summed E-state index contributed by atoms with van der Waals surface area (Å²) in [5.74, 6) is 3.57. The molecule has 1 saturated heterocycles. The lowest BCUT2D eigenvalue weighted by atomic mass is 10.2. The van der Waals surface area contributed by atoms with Crippen LogP contribution in [0.2, 0.25) is 0 Å². The lowest BCUT2D eigenvalue weighted by molar-refractivity contribution is -0.118. The van der Waals surface area contributed by atoms with E-state index in [1.54, 1.807) is 0 Å². The molecule has 3 aromatic rings. The molecular formula is C26H27NO3S2. The largest absolute Gasteiger partial charge is 0.491 e. The molecule has 0 bridgehead atoms. The third kappa shape index (κ3) is 6.71. The van der Waals surface area contributed by atoms with E-state index in [0.717, 1.165) is 6.42 Å². The van der Waals surface area contributed by atoms with E-state index in [9.17, 15) is 4.79 Å². The molecule has 0 aliphatic carbocycles. The minimum Gasteiger partial charge on any atom is -0.491 e. The highest BCUT2D eigenvalue weighted by Crippen LogP contribution is 2.43. The second-order valence-corrected chi connectivity index (χ2v) is 10.1. The molecule has 1 fully saturated rings. The van der Waals surface area contributed by atoms with Crippen molar-refractivity contribution in [3.05, 3.63) is 90.0 Å². The van der Waals surface area contributed by atoms with Gasteiger partial charge in [-0.3, -0.25) is 4.79 Å². The number of hydrogen-bond acceptors (Lipinski definition) is 5. The maximum Gasteiger partial charge on any atom is 0.262 e. The van der Waals surface area contributed by atoms with Gasteiger partial charge in [-0.15, -0.1) is 23.5 Å². The van der Waals surface area contributed by atoms with E-state index in [0.29, 0.717) is 28.4 Å². The fourth-order valence-corrected chi connectivity index (χ4v) is 6.25. The Hall–Kier alpha value is -2.57. The van der Waals surface area contributed by atoms with Gasteiger partial charge >= 0.3 is 0 Å². The fraction of sp³-hybridized carbons (Fsp3) is 0.269. The molecule has 32 heavy (non-hydrogen) atoms. The summed E-state index contributed by atoms with van der Waals surface area (Å²) >= 11 is 3.99. The van der Waals surface area contributed by atoms with Crippen molar-refractivity contribution in [2.24, 2.45) is 0 Å². The molecule has 0 radical (unpaired) electrons. The third-order valence-electron chi connectivity index (χ3n) is 5.00. The Morgan fingerprint density at radius 2 is 1.59 bits per heavy atom. The molecule has 4 rings (SSSR count). The monoisotopic (exact) mass is 465 g/mol. The quantitative estimate of drug-likeness (QED) is 0.408. The summed E-state index contributed by atoms with van der Waals surface area (Å²) in [5, 5.41) is 2.90. The summed E-state index contributed by atoms with van der Waals surface area (Å²) in [4.78, 5) is 12.4. The Balaban J connectivity index is 1.26. The van der Waals surface area contributed by atoms with E-state index < -0.39 is 0 Å². The van der Waals surface area contributed by atoms with Gasteiger partial charge in [0.25, 0.3) is 5.91 Å². The lowest BCUT2D eigenvalue weighted by Crippen LogP contribution is -2.20. The summed E-state index contributed by atoms with van der Waals surface area (Å²) in [6.07, 6.45) is 2.09. The fourth-order valence-electron chi connectivity index (χ4n) is 3.36. The van der Waals surface area contributed by atoms with Crippen molar-refractivity contribution in [3.63, 3.8) is 0 Å². The van der Waals surface area contributed by atoms with E-state index in [2.05, 4.69) is 29.6 Å². The number of para-hydroxylation sites is 2. The van der Waals surface area contributed by atoms with Crippen molar-refractivity contribution in [1.29, 1.82) is 0 Å². The molecule has 166 valence electrons.